The van der Waals surface area contributed by atoms with Gasteiger partial charge in [0.05, 0.1) is 4.92 Å². The summed E-state index contributed by atoms with van der Waals surface area (Å²) >= 11 is 6.22. The molecule has 1 atom stereocenters. The van der Waals surface area contributed by atoms with Crippen LogP contribution in [-0.2, 0) is 6.42 Å². The average Bonchev–Trinajstić information content (AvgIpc) is 2.28. The Morgan fingerprint density at radius 3 is 2.39 bits per heavy atom. The van der Waals surface area contributed by atoms with Crippen LogP contribution in [0.15, 0.2) is 24.3 Å². The Hall–Kier alpha value is -1.09. The van der Waals surface area contributed by atoms with Crippen molar-refractivity contribution in [2.24, 2.45) is 5.92 Å². The van der Waals surface area contributed by atoms with Crippen LogP contribution < -0.4 is 0 Å². The predicted molar refractivity (Wildman–Crippen MR) is 75.1 cm³/mol. The number of nitro groups is 1. The Morgan fingerprint density at radius 2 is 1.89 bits per heavy atom. The fourth-order valence-corrected chi connectivity index (χ4v) is 2.45. The minimum absolute atomic E-state index is 0.147. The van der Waals surface area contributed by atoms with Gasteiger partial charge >= 0.3 is 0 Å². The molecule has 0 radical (unpaired) electrons. The third-order valence-electron chi connectivity index (χ3n) is 2.86. The first-order valence-corrected chi connectivity index (χ1v) is 6.80. The lowest BCUT2D eigenvalue weighted by molar-refractivity contribution is -0.384. The molecule has 0 spiro atoms. The Morgan fingerprint density at radius 1 is 1.28 bits per heavy atom. The van der Waals surface area contributed by atoms with Crippen molar-refractivity contribution in [2.45, 2.75) is 44.9 Å². The smallest absolute Gasteiger partial charge is 0.258 e. The zero-order chi connectivity index (χ0) is 13.5. The second-order valence-corrected chi connectivity index (χ2v) is 5.66. The SMILES string of the molecule is CC(C)CC(Cl)CCCc1ccc([N+](=O)[O-])cc1. The minimum Gasteiger partial charge on any atom is -0.258 e. The van der Waals surface area contributed by atoms with Crippen LogP contribution in [0.25, 0.3) is 0 Å². The molecule has 0 fully saturated rings. The van der Waals surface area contributed by atoms with Crippen LogP contribution in [0.3, 0.4) is 0 Å². The molecular formula is C14H20ClNO2. The van der Waals surface area contributed by atoms with E-state index in [9.17, 15) is 10.1 Å². The van der Waals surface area contributed by atoms with Crippen LogP contribution in [0, 0.1) is 16.0 Å². The van der Waals surface area contributed by atoms with Gasteiger partial charge in [0.15, 0.2) is 0 Å². The summed E-state index contributed by atoms with van der Waals surface area (Å²) in [6, 6.07) is 6.76. The second kappa shape index (κ2) is 7.37. The number of alkyl halides is 1. The average molecular weight is 270 g/mol. The van der Waals surface area contributed by atoms with Crippen molar-refractivity contribution in [1.82, 2.24) is 0 Å². The highest BCUT2D eigenvalue weighted by atomic mass is 35.5. The molecule has 4 heteroatoms. The first kappa shape index (κ1) is 15.0. The molecule has 1 aromatic carbocycles. The molecule has 0 aliphatic heterocycles. The van der Waals surface area contributed by atoms with E-state index < -0.39 is 0 Å². The van der Waals surface area contributed by atoms with Crippen molar-refractivity contribution in [1.29, 1.82) is 0 Å². The minimum atomic E-state index is -0.374. The zero-order valence-electron chi connectivity index (χ0n) is 10.9. The maximum Gasteiger partial charge on any atom is 0.269 e. The normalized spacial score (nSPS) is 12.7. The third-order valence-corrected chi connectivity index (χ3v) is 3.25. The summed E-state index contributed by atoms with van der Waals surface area (Å²) in [4.78, 5) is 10.1. The van der Waals surface area contributed by atoms with E-state index >= 15 is 0 Å². The molecule has 0 aliphatic rings. The van der Waals surface area contributed by atoms with E-state index in [2.05, 4.69) is 13.8 Å². The van der Waals surface area contributed by atoms with Crippen molar-refractivity contribution < 1.29 is 4.92 Å². The quantitative estimate of drug-likeness (QED) is 0.413. The van der Waals surface area contributed by atoms with Gasteiger partial charge in [-0.25, -0.2) is 0 Å². The van der Waals surface area contributed by atoms with Gasteiger partial charge in [0.2, 0.25) is 0 Å². The number of aryl methyl sites for hydroxylation is 1. The highest BCUT2D eigenvalue weighted by Crippen LogP contribution is 2.18. The first-order valence-electron chi connectivity index (χ1n) is 6.36. The lowest BCUT2D eigenvalue weighted by Crippen LogP contribution is -2.03. The van der Waals surface area contributed by atoms with Gasteiger partial charge in [-0.05, 0) is 37.2 Å². The van der Waals surface area contributed by atoms with Gasteiger partial charge in [0, 0.05) is 17.5 Å². The summed E-state index contributed by atoms with van der Waals surface area (Å²) in [5, 5.41) is 10.7. The molecule has 0 heterocycles. The van der Waals surface area contributed by atoms with Gasteiger partial charge in [-0.3, -0.25) is 10.1 Å². The summed E-state index contributed by atoms with van der Waals surface area (Å²) in [5.41, 5.74) is 1.28. The maximum atomic E-state index is 10.5. The first-order chi connectivity index (χ1) is 8.49. The number of rotatable bonds is 7. The molecule has 0 aliphatic carbocycles. The Labute approximate surface area is 113 Å². The summed E-state index contributed by atoms with van der Waals surface area (Å²) in [6.07, 6.45) is 4.00. The van der Waals surface area contributed by atoms with Crippen LogP contribution in [0.5, 0.6) is 0 Å². The molecule has 0 aromatic heterocycles. The van der Waals surface area contributed by atoms with E-state index in [1.165, 1.54) is 0 Å². The molecule has 1 unspecified atom stereocenters. The zero-order valence-corrected chi connectivity index (χ0v) is 11.7. The molecule has 1 rings (SSSR count). The number of nitrogens with zero attached hydrogens (tertiary/aromatic N) is 1. The van der Waals surface area contributed by atoms with Crippen molar-refractivity contribution in [3.05, 3.63) is 39.9 Å². The van der Waals surface area contributed by atoms with Crippen molar-refractivity contribution in [3.63, 3.8) is 0 Å². The van der Waals surface area contributed by atoms with Crippen LogP contribution in [0.4, 0.5) is 5.69 Å². The standard InChI is InChI=1S/C14H20ClNO2/c1-11(2)10-13(15)5-3-4-12-6-8-14(9-7-12)16(17)18/h6-9,11,13H,3-5,10H2,1-2H3. The predicted octanol–water partition coefficient (Wildman–Crippen LogP) is 4.57. The van der Waals surface area contributed by atoms with Gasteiger partial charge in [0.25, 0.3) is 5.69 Å². The van der Waals surface area contributed by atoms with Gasteiger partial charge in [-0.15, -0.1) is 11.6 Å². The molecule has 1 aromatic rings. The maximum absolute atomic E-state index is 10.5. The van der Waals surface area contributed by atoms with Crippen molar-refractivity contribution >= 4 is 17.3 Å². The van der Waals surface area contributed by atoms with E-state index in [0.29, 0.717) is 5.92 Å². The van der Waals surface area contributed by atoms with E-state index in [-0.39, 0.29) is 16.0 Å². The molecule has 3 nitrogen and oxygen atoms in total. The Bertz CT molecular complexity index is 376. The number of benzene rings is 1. The molecule has 100 valence electrons. The Kier molecular flexibility index (Phi) is 6.13. The highest BCUT2D eigenvalue weighted by Gasteiger charge is 2.08. The van der Waals surface area contributed by atoms with Crippen LogP contribution >= 0.6 is 11.6 Å². The molecular weight excluding hydrogens is 250 g/mol. The molecule has 0 amide bonds. The molecule has 0 saturated carbocycles. The van der Waals surface area contributed by atoms with E-state index in [4.69, 9.17) is 11.6 Å². The van der Waals surface area contributed by atoms with Crippen LogP contribution in [0.1, 0.15) is 38.7 Å². The van der Waals surface area contributed by atoms with E-state index in [0.717, 1.165) is 31.2 Å². The number of nitro benzene ring substituents is 1. The fourth-order valence-electron chi connectivity index (χ4n) is 1.94. The summed E-state index contributed by atoms with van der Waals surface area (Å²) in [6.45, 7) is 4.34. The van der Waals surface area contributed by atoms with Crippen LogP contribution in [-0.4, -0.2) is 10.3 Å². The lowest BCUT2D eigenvalue weighted by atomic mass is 10.0. The molecule has 18 heavy (non-hydrogen) atoms. The highest BCUT2D eigenvalue weighted by molar-refractivity contribution is 6.20. The summed E-state index contributed by atoms with van der Waals surface area (Å²) < 4.78 is 0. The van der Waals surface area contributed by atoms with Gasteiger partial charge < -0.3 is 0 Å². The number of hydrogen-bond donors (Lipinski definition) is 0. The summed E-state index contributed by atoms with van der Waals surface area (Å²) in [7, 11) is 0. The van der Waals surface area contributed by atoms with E-state index in [1.54, 1.807) is 12.1 Å². The number of hydrogen-bond acceptors (Lipinski definition) is 2. The topological polar surface area (TPSA) is 43.1 Å². The summed E-state index contributed by atoms with van der Waals surface area (Å²) in [5.74, 6) is 0.631. The number of halogens is 1. The molecule has 0 bridgehead atoms. The monoisotopic (exact) mass is 269 g/mol. The van der Waals surface area contributed by atoms with Crippen LogP contribution in [0.2, 0.25) is 0 Å². The van der Waals surface area contributed by atoms with Crippen molar-refractivity contribution in [2.75, 3.05) is 0 Å². The number of non-ortho nitro benzene ring substituents is 1. The van der Waals surface area contributed by atoms with Gasteiger partial charge in [-0.1, -0.05) is 26.0 Å². The largest absolute Gasteiger partial charge is 0.269 e. The lowest BCUT2D eigenvalue weighted by Gasteiger charge is -2.11. The van der Waals surface area contributed by atoms with Gasteiger partial charge in [-0.2, -0.15) is 0 Å². The molecule has 0 saturated heterocycles. The van der Waals surface area contributed by atoms with Gasteiger partial charge in [0.1, 0.15) is 0 Å². The fraction of sp³-hybridized carbons (Fsp3) is 0.571. The Balaban J connectivity index is 2.33. The van der Waals surface area contributed by atoms with E-state index in [1.807, 2.05) is 12.1 Å². The molecule has 0 N–H and O–H groups in total. The van der Waals surface area contributed by atoms with Crippen molar-refractivity contribution in [3.8, 4) is 0 Å². The third kappa shape index (κ3) is 5.50. The second-order valence-electron chi connectivity index (χ2n) is 5.04.